The van der Waals surface area contributed by atoms with E-state index in [-0.39, 0.29) is 17.4 Å². The Morgan fingerprint density at radius 2 is 1.95 bits per heavy atom. The second kappa shape index (κ2) is 5.18. The summed E-state index contributed by atoms with van der Waals surface area (Å²) in [4.78, 5) is 12.0. The molecule has 0 radical (unpaired) electrons. The van der Waals surface area contributed by atoms with Crippen LogP contribution >= 0.6 is 11.6 Å². The van der Waals surface area contributed by atoms with Crippen molar-refractivity contribution < 1.29 is 9.53 Å². The summed E-state index contributed by atoms with van der Waals surface area (Å²) in [6, 6.07) is 5.48. The van der Waals surface area contributed by atoms with Gasteiger partial charge in [0.2, 0.25) is 0 Å². The third-order valence-corrected chi connectivity index (χ3v) is 4.13. The monoisotopic (exact) mass is 310 g/mol. The molecule has 0 heterocycles. The van der Waals surface area contributed by atoms with Gasteiger partial charge in [-0.15, -0.1) is 0 Å². The molecule has 5 heteroatoms. The maximum atomic E-state index is 12.0. The van der Waals surface area contributed by atoms with Crippen molar-refractivity contribution in [3.63, 3.8) is 0 Å². The van der Waals surface area contributed by atoms with Gasteiger partial charge < -0.3 is 10.5 Å². The summed E-state index contributed by atoms with van der Waals surface area (Å²) >= 11 is 6.09. The standard InChI is InChI=1S/C16H23ClN2O2/c1-15(2,3)21-14(20)19-11-7-6-9(17)8-10(11)12-13(18)16(12,4)5/h6-8,12-13H,18H2,1-5H3,(H,19,20)/t12-,13-/m1/s1. The molecular weight excluding hydrogens is 288 g/mol. The Labute approximate surface area is 131 Å². The van der Waals surface area contributed by atoms with Gasteiger partial charge in [0.1, 0.15) is 5.60 Å². The van der Waals surface area contributed by atoms with E-state index in [1.165, 1.54) is 0 Å². The molecule has 1 aromatic carbocycles. The molecule has 0 aliphatic heterocycles. The van der Waals surface area contributed by atoms with Gasteiger partial charge >= 0.3 is 6.09 Å². The third kappa shape index (κ3) is 3.50. The van der Waals surface area contributed by atoms with Crippen LogP contribution in [-0.2, 0) is 4.74 Å². The van der Waals surface area contributed by atoms with Crippen LogP contribution < -0.4 is 11.1 Å². The fourth-order valence-electron chi connectivity index (χ4n) is 2.59. The van der Waals surface area contributed by atoms with Gasteiger partial charge in [0, 0.05) is 22.7 Å². The minimum Gasteiger partial charge on any atom is -0.444 e. The Morgan fingerprint density at radius 3 is 2.43 bits per heavy atom. The first-order chi connectivity index (χ1) is 9.52. The van der Waals surface area contributed by atoms with Crippen LogP contribution in [0.5, 0.6) is 0 Å². The number of benzene rings is 1. The average molecular weight is 311 g/mol. The first-order valence-corrected chi connectivity index (χ1v) is 7.45. The van der Waals surface area contributed by atoms with Crippen molar-refractivity contribution in [1.82, 2.24) is 0 Å². The molecule has 1 saturated carbocycles. The van der Waals surface area contributed by atoms with Crippen LogP contribution in [0.1, 0.15) is 46.1 Å². The molecule has 0 unspecified atom stereocenters. The Morgan fingerprint density at radius 1 is 1.38 bits per heavy atom. The molecule has 3 N–H and O–H groups in total. The first kappa shape index (κ1) is 16.1. The van der Waals surface area contributed by atoms with E-state index >= 15 is 0 Å². The van der Waals surface area contributed by atoms with E-state index in [1.807, 2.05) is 26.8 Å². The van der Waals surface area contributed by atoms with Crippen molar-refractivity contribution in [2.75, 3.05) is 5.32 Å². The molecule has 1 aliphatic carbocycles. The largest absolute Gasteiger partial charge is 0.444 e. The number of halogens is 1. The molecule has 1 aliphatic rings. The number of carbonyl (C=O) groups excluding carboxylic acids is 1. The first-order valence-electron chi connectivity index (χ1n) is 7.07. The molecule has 2 atom stereocenters. The van der Waals surface area contributed by atoms with Crippen LogP contribution in [0.4, 0.5) is 10.5 Å². The van der Waals surface area contributed by atoms with Gasteiger partial charge in [0.15, 0.2) is 0 Å². The van der Waals surface area contributed by atoms with Gasteiger partial charge in [-0.1, -0.05) is 25.4 Å². The number of hydrogen-bond acceptors (Lipinski definition) is 3. The lowest BCUT2D eigenvalue weighted by Gasteiger charge is -2.20. The Balaban J connectivity index is 2.23. The Kier molecular flexibility index (Phi) is 3.98. The second-order valence-corrected chi connectivity index (χ2v) is 7.62. The lowest BCUT2D eigenvalue weighted by atomic mass is 10.0. The van der Waals surface area contributed by atoms with E-state index < -0.39 is 11.7 Å². The molecule has 1 amide bonds. The Hall–Kier alpha value is -1.26. The normalized spacial score (nSPS) is 23.6. The predicted molar refractivity (Wildman–Crippen MR) is 85.8 cm³/mol. The summed E-state index contributed by atoms with van der Waals surface area (Å²) in [6.45, 7) is 9.71. The van der Waals surface area contributed by atoms with Crippen LogP contribution in [0.25, 0.3) is 0 Å². The van der Waals surface area contributed by atoms with E-state index in [2.05, 4.69) is 19.2 Å². The zero-order valence-electron chi connectivity index (χ0n) is 13.2. The van der Waals surface area contributed by atoms with Crippen molar-refractivity contribution in [2.45, 2.75) is 52.2 Å². The summed E-state index contributed by atoms with van der Waals surface area (Å²) in [6.07, 6.45) is -0.474. The molecule has 116 valence electrons. The minimum atomic E-state index is -0.536. The minimum absolute atomic E-state index is 0.00897. The zero-order chi connectivity index (χ0) is 16.0. The quantitative estimate of drug-likeness (QED) is 0.863. The van der Waals surface area contributed by atoms with Crippen LogP contribution in [-0.4, -0.2) is 17.7 Å². The van der Waals surface area contributed by atoms with Gasteiger partial charge in [-0.25, -0.2) is 4.79 Å². The summed E-state index contributed by atoms with van der Waals surface area (Å²) in [7, 11) is 0. The molecule has 0 spiro atoms. The van der Waals surface area contributed by atoms with E-state index in [9.17, 15) is 4.79 Å². The number of nitrogens with one attached hydrogen (secondary N) is 1. The van der Waals surface area contributed by atoms with E-state index in [0.29, 0.717) is 10.7 Å². The molecule has 0 saturated heterocycles. The van der Waals surface area contributed by atoms with Gasteiger partial charge in [0.25, 0.3) is 0 Å². The zero-order valence-corrected chi connectivity index (χ0v) is 13.9. The lowest BCUT2D eigenvalue weighted by Crippen LogP contribution is -2.27. The van der Waals surface area contributed by atoms with Crippen molar-refractivity contribution in [2.24, 2.45) is 11.1 Å². The highest BCUT2D eigenvalue weighted by atomic mass is 35.5. The van der Waals surface area contributed by atoms with E-state index in [4.69, 9.17) is 22.1 Å². The smallest absolute Gasteiger partial charge is 0.412 e. The molecular formula is C16H23ClN2O2. The number of rotatable bonds is 2. The number of hydrogen-bond donors (Lipinski definition) is 2. The molecule has 1 aromatic rings. The molecule has 0 bridgehead atoms. The molecule has 0 aromatic heterocycles. The fourth-order valence-corrected chi connectivity index (χ4v) is 2.77. The van der Waals surface area contributed by atoms with Crippen LogP contribution in [0.3, 0.4) is 0 Å². The predicted octanol–water partition coefficient (Wildman–Crippen LogP) is 4.14. The molecule has 1 fully saturated rings. The highest BCUT2D eigenvalue weighted by Gasteiger charge is 2.56. The number of carbonyl (C=O) groups is 1. The van der Waals surface area contributed by atoms with Crippen molar-refractivity contribution >= 4 is 23.4 Å². The average Bonchev–Trinajstić information content (AvgIpc) is 2.78. The highest BCUT2D eigenvalue weighted by molar-refractivity contribution is 6.30. The molecule has 2 rings (SSSR count). The van der Waals surface area contributed by atoms with Crippen LogP contribution in [0.15, 0.2) is 18.2 Å². The SMILES string of the molecule is CC(C)(C)OC(=O)Nc1ccc(Cl)cc1[C@@H]1[C@@H](N)C1(C)C. The second-order valence-electron chi connectivity index (χ2n) is 7.18. The maximum absolute atomic E-state index is 12.0. The Bertz CT molecular complexity index is 564. The number of nitrogens with two attached hydrogens (primary N) is 1. The van der Waals surface area contributed by atoms with Gasteiger partial charge in [-0.05, 0) is 49.9 Å². The molecule has 4 nitrogen and oxygen atoms in total. The summed E-state index contributed by atoms with van der Waals surface area (Å²) < 4.78 is 5.29. The van der Waals surface area contributed by atoms with Crippen molar-refractivity contribution in [3.05, 3.63) is 28.8 Å². The summed E-state index contributed by atoms with van der Waals surface area (Å²) in [5.74, 6) is 0.182. The third-order valence-electron chi connectivity index (χ3n) is 3.89. The lowest BCUT2D eigenvalue weighted by molar-refractivity contribution is 0.0635. The topological polar surface area (TPSA) is 64.3 Å². The van der Waals surface area contributed by atoms with Gasteiger partial charge in [0.05, 0.1) is 0 Å². The van der Waals surface area contributed by atoms with Gasteiger partial charge in [-0.2, -0.15) is 0 Å². The maximum Gasteiger partial charge on any atom is 0.412 e. The number of amides is 1. The van der Waals surface area contributed by atoms with Gasteiger partial charge in [-0.3, -0.25) is 5.32 Å². The molecule has 21 heavy (non-hydrogen) atoms. The summed E-state index contributed by atoms with van der Waals surface area (Å²) in [5.41, 5.74) is 7.29. The van der Waals surface area contributed by atoms with E-state index in [1.54, 1.807) is 12.1 Å². The number of anilines is 1. The van der Waals surface area contributed by atoms with Crippen molar-refractivity contribution in [3.8, 4) is 0 Å². The highest BCUT2D eigenvalue weighted by Crippen LogP contribution is 2.59. The van der Waals surface area contributed by atoms with Crippen LogP contribution in [0, 0.1) is 5.41 Å². The van der Waals surface area contributed by atoms with Crippen LogP contribution in [0.2, 0.25) is 5.02 Å². The van der Waals surface area contributed by atoms with E-state index in [0.717, 1.165) is 5.56 Å². The number of ether oxygens (including phenoxy) is 1. The fraction of sp³-hybridized carbons (Fsp3) is 0.562. The van der Waals surface area contributed by atoms with Crippen molar-refractivity contribution in [1.29, 1.82) is 0 Å². The summed E-state index contributed by atoms with van der Waals surface area (Å²) in [5, 5.41) is 3.43.